The van der Waals surface area contributed by atoms with E-state index in [2.05, 4.69) is 9.84 Å². The Morgan fingerprint density at radius 3 is 2.35 bits per heavy atom. The zero-order valence-electron chi connectivity index (χ0n) is 14.7. The van der Waals surface area contributed by atoms with E-state index in [1.54, 1.807) is 20.8 Å². The standard InChI is InChI=1S/C13H29N2O7P/c1-13(2,3)21-12(16)14-8-7-9-20-11(10-15(4,5)6)22-23(17,18)19/h11H,7-10H2,1-6H3,(H2-,14,16,17,18,19). The maximum absolute atomic E-state index is 11.4. The number of hydrogen-bond acceptors (Lipinski definition) is 6. The number of nitrogens with one attached hydrogen (secondary N) is 1. The number of carbonyl (C=O) groups is 1. The van der Waals surface area contributed by atoms with E-state index in [-0.39, 0.29) is 13.2 Å². The molecule has 0 aliphatic heterocycles. The summed E-state index contributed by atoms with van der Waals surface area (Å²) in [4.78, 5) is 31.0. The normalized spacial score (nSPS) is 16.5. The fraction of sp³-hybridized carbons (Fsp3) is 0.923. The molecule has 0 saturated heterocycles. The van der Waals surface area contributed by atoms with E-state index < -0.39 is 25.8 Å². The molecule has 0 aromatic rings. The van der Waals surface area contributed by atoms with E-state index >= 15 is 0 Å². The van der Waals surface area contributed by atoms with Gasteiger partial charge < -0.3 is 29.1 Å². The Labute approximate surface area is 137 Å². The van der Waals surface area contributed by atoms with Gasteiger partial charge in [-0.05, 0) is 27.2 Å². The third kappa shape index (κ3) is 16.0. The van der Waals surface area contributed by atoms with Gasteiger partial charge in [0.1, 0.15) is 12.1 Å². The first kappa shape index (κ1) is 22.3. The highest BCUT2D eigenvalue weighted by molar-refractivity contribution is 7.44. The molecule has 0 rings (SSSR count). The van der Waals surface area contributed by atoms with Crippen LogP contribution >= 0.6 is 7.82 Å². The lowest BCUT2D eigenvalue weighted by molar-refractivity contribution is -0.876. The van der Waals surface area contributed by atoms with Crippen molar-refractivity contribution in [3.63, 3.8) is 0 Å². The van der Waals surface area contributed by atoms with Crippen LogP contribution in [0.25, 0.3) is 0 Å². The lowest BCUT2D eigenvalue weighted by atomic mass is 10.2. The summed E-state index contributed by atoms with van der Waals surface area (Å²) in [6.07, 6.45) is -1.19. The molecule has 0 radical (unpaired) electrons. The molecular weight excluding hydrogens is 327 g/mol. The number of amides is 1. The maximum Gasteiger partial charge on any atom is 0.407 e. The van der Waals surface area contributed by atoms with E-state index in [1.165, 1.54) is 0 Å². The van der Waals surface area contributed by atoms with Crippen LogP contribution < -0.4 is 10.2 Å². The first-order valence-corrected chi connectivity index (χ1v) is 8.79. The monoisotopic (exact) mass is 356 g/mol. The number of phosphoric acid groups is 1. The molecule has 0 aliphatic rings. The highest BCUT2D eigenvalue weighted by Gasteiger charge is 2.23. The van der Waals surface area contributed by atoms with Crippen molar-refractivity contribution in [3.05, 3.63) is 0 Å². The summed E-state index contributed by atoms with van der Waals surface area (Å²) in [5, 5.41) is 2.56. The summed E-state index contributed by atoms with van der Waals surface area (Å²) in [6.45, 7) is 5.97. The van der Waals surface area contributed by atoms with Gasteiger partial charge in [0.05, 0.1) is 27.7 Å². The van der Waals surface area contributed by atoms with Gasteiger partial charge in [-0.15, -0.1) is 0 Å². The van der Waals surface area contributed by atoms with Gasteiger partial charge in [0.15, 0.2) is 0 Å². The Hall–Kier alpha value is -0.700. The number of hydrogen-bond donors (Lipinski definition) is 2. The number of nitrogens with zero attached hydrogens (tertiary/aromatic N) is 1. The van der Waals surface area contributed by atoms with Crippen LogP contribution in [-0.2, 0) is 18.6 Å². The van der Waals surface area contributed by atoms with Gasteiger partial charge in [-0.1, -0.05) is 0 Å². The van der Waals surface area contributed by atoms with Crippen LogP contribution in [0.5, 0.6) is 0 Å². The molecule has 10 heteroatoms. The molecule has 0 aromatic carbocycles. The van der Waals surface area contributed by atoms with Gasteiger partial charge in [0.2, 0.25) is 6.29 Å². The topological polar surface area (TPSA) is 117 Å². The van der Waals surface area contributed by atoms with Crippen molar-refractivity contribution >= 4 is 13.9 Å². The van der Waals surface area contributed by atoms with Gasteiger partial charge in [-0.25, -0.2) is 4.79 Å². The van der Waals surface area contributed by atoms with E-state index in [1.807, 2.05) is 21.1 Å². The van der Waals surface area contributed by atoms with Gasteiger partial charge in [0, 0.05) is 6.54 Å². The molecule has 9 nitrogen and oxygen atoms in total. The number of likely N-dealkylation sites (N-methyl/N-ethyl adjacent to an activating group) is 1. The van der Waals surface area contributed by atoms with Gasteiger partial charge in [-0.2, -0.15) is 0 Å². The summed E-state index contributed by atoms with van der Waals surface area (Å²) in [5.41, 5.74) is -0.569. The van der Waals surface area contributed by atoms with E-state index in [4.69, 9.17) is 14.4 Å². The fourth-order valence-electron chi connectivity index (χ4n) is 1.50. The van der Waals surface area contributed by atoms with E-state index in [9.17, 15) is 14.3 Å². The van der Waals surface area contributed by atoms with Crippen LogP contribution in [0.3, 0.4) is 0 Å². The molecule has 0 saturated carbocycles. The Balaban J connectivity index is 4.13. The molecular formula is C13H29N2O7P. The number of alkyl carbamates (subject to hydrolysis) is 1. The summed E-state index contributed by atoms with van der Waals surface area (Å²) >= 11 is 0. The van der Waals surface area contributed by atoms with E-state index in [0.717, 1.165) is 0 Å². The first-order chi connectivity index (χ1) is 10.2. The van der Waals surface area contributed by atoms with E-state index in [0.29, 0.717) is 17.4 Å². The molecule has 138 valence electrons. The van der Waals surface area contributed by atoms with Crippen LogP contribution in [0, 0.1) is 0 Å². The largest absolute Gasteiger partial charge is 0.756 e. The van der Waals surface area contributed by atoms with Crippen LogP contribution in [0.2, 0.25) is 0 Å². The molecule has 23 heavy (non-hydrogen) atoms. The molecule has 1 amide bonds. The predicted octanol–water partition coefficient (Wildman–Crippen LogP) is 0.427. The molecule has 2 N–H and O–H groups in total. The van der Waals surface area contributed by atoms with Gasteiger partial charge in [-0.3, -0.25) is 9.09 Å². The lowest BCUT2D eigenvalue weighted by Gasteiger charge is -2.31. The van der Waals surface area contributed by atoms with Gasteiger partial charge in [0.25, 0.3) is 7.82 Å². The second-order valence-corrected chi connectivity index (χ2v) is 8.28. The zero-order valence-corrected chi connectivity index (χ0v) is 15.6. The lowest BCUT2D eigenvalue weighted by Crippen LogP contribution is -2.43. The number of carbonyl (C=O) groups excluding carboxylic acids is 1. The molecule has 0 bridgehead atoms. The zero-order chi connectivity index (χ0) is 18.3. The number of phosphoric ester groups is 1. The van der Waals surface area contributed by atoms with Crippen molar-refractivity contribution < 1.29 is 37.6 Å². The van der Waals surface area contributed by atoms with Crippen molar-refractivity contribution in [2.75, 3.05) is 40.8 Å². The summed E-state index contributed by atoms with van der Waals surface area (Å²) < 4.78 is 26.1. The highest BCUT2D eigenvalue weighted by atomic mass is 31.2. The molecule has 0 aliphatic carbocycles. The second-order valence-electron chi connectivity index (χ2n) is 7.13. The summed E-state index contributed by atoms with van der Waals surface area (Å²) in [5.74, 6) is 0. The Morgan fingerprint density at radius 1 is 1.35 bits per heavy atom. The second kappa shape index (κ2) is 8.96. The Bertz CT molecular complexity index is 412. The molecule has 2 atom stereocenters. The highest BCUT2D eigenvalue weighted by Crippen LogP contribution is 2.33. The van der Waals surface area contributed by atoms with Crippen LogP contribution in [0.15, 0.2) is 0 Å². The third-order valence-corrected chi connectivity index (χ3v) is 2.74. The third-order valence-electron chi connectivity index (χ3n) is 2.24. The number of rotatable bonds is 9. The molecule has 0 spiro atoms. The quantitative estimate of drug-likeness (QED) is 0.266. The van der Waals surface area contributed by atoms with Crippen molar-refractivity contribution in [1.29, 1.82) is 0 Å². The fourth-order valence-corrected chi connectivity index (χ4v) is 1.93. The Morgan fingerprint density at radius 2 is 1.91 bits per heavy atom. The minimum atomic E-state index is -4.88. The van der Waals surface area contributed by atoms with Crippen molar-refractivity contribution in [3.8, 4) is 0 Å². The van der Waals surface area contributed by atoms with Crippen molar-refractivity contribution in [2.24, 2.45) is 0 Å². The molecule has 0 fully saturated rings. The summed E-state index contributed by atoms with van der Waals surface area (Å²) in [7, 11) is 0.613. The minimum Gasteiger partial charge on any atom is -0.756 e. The average Bonchev–Trinajstić information content (AvgIpc) is 2.20. The maximum atomic E-state index is 11.4. The average molecular weight is 356 g/mol. The summed E-state index contributed by atoms with van der Waals surface area (Å²) in [6, 6.07) is 0. The van der Waals surface area contributed by atoms with Crippen molar-refractivity contribution in [2.45, 2.75) is 39.1 Å². The number of ether oxygens (including phenoxy) is 2. The van der Waals surface area contributed by atoms with Crippen LogP contribution in [0.1, 0.15) is 27.2 Å². The molecule has 0 aromatic heterocycles. The Kier molecular flexibility index (Phi) is 8.69. The SMILES string of the molecule is CC(C)(C)OC(=O)NCCCOC(C[N+](C)(C)C)OP(=O)([O-])O. The van der Waals surface area contributed by atoms with Crippen LogP contribution in [0.4, 0.5) is 4.79 Å². The predicted molar refractivity (Wildman–Crippen MR) is 82.4 cm³/mol. The van der Waals surface area contributed by atoms with Crippen molar-refractivity contribution in [1.82, 2.24) is 5.32 Å². The van der Waals surface area contributed by atoms with Gasteiger partial charge >= 0.3 is 6.09 Å². The van der Waals surface area contributed by atoms with Crippen LogP contribution in [-0.4, -0.2) is 68.2 Å². The smallest absolute Gasteiger partial charge is 0.407 e. The minimum absolute atomic E-state index is 0.153. The molecule has 2 unspecified atom stereocenters. The number of quaternary nitrogens is 1. The molecule has 0 heterocycles. The first-order valence-electron chi connectivity index (χ1n) is 7.29.